The molecule has 1 aliphatic heterocycles. The summed E-state index contributed by atoms with van der Waals surface area (Å²) in [5.41, 5.74) is -1.32. The molecule has 6 heteroatoms. The van der Waals surface area contributed by atoms with Gasteiger partial charge in [0.05, 0.1) is 11.0 Å². The van der Waals surface area contributed by atoms with Gasteiger partial charge in [-0.15, -0.1) is 0 Å². The molecule has 2 rings (SSSR count). The van der Waals surface area contributed by atoms with Crippen molar-refractivity contribution in [2.75, 3.05) is 32.7 Å². The van der Waals surface area contributed by atoms with Crippen molar-refractivity contribution < 1.29 is 14.7 Å². The zero-order chi connectivity index (χ0) is 14.8. The first-order valence-corrected chi connectivity index (χ1v) is 7.36. The van der Waals surface area contributed by atoms with E-state index < -0.39 is 16.9 Å². The molecule has 0 unspecified atom stereocenters. The second-order valence-electron chi connectivity index (χ2n) is 6.42. The Kier molecular flexibility index (Phi) is 4.34. The van der Waals surface area contributed by atoms with Gasteiger partial charge in [-0.05, 0) is 26.7 Å². The van der Waals surface area contributed by atoms with Crippen LogP contribution in [-0.4, -0.2) is 60.1 Å². The predicted octanol–water partition coefficient (Wildman–Crippen LogP) is 0.0413. The summed E-state index contributed by atoms with van der Waals surface area (Å²) in [6.07, 6.45) is 2.26. The average molecular weight is 283 g/mol. The van der Waals surface area contributed by atoms with Crippen molar-refractivity contribution in [1.82, 2.24) is 15.5 Å². The van der Waals surface area contributed by atoms with Crippen LogP contribution in [0, 0.1) is 5.41 Å². The average Bonchev–Trinajstić information content (AvgIpc) is 2.37. The number of carbonyl (C=O) groups is 2. The largest absolute Gasteiger partial charge is 0.481 e. The van der Waals surface area contributed by atoms with E-state index in [1.807, 2.05) is 13.8 Å². The molecule has 0 aromatic carbocycles. The fraction of sp³-hybridized carbons (Fsp3) is 0.857. The maximum absolute atomic E-state index is 12.4. The van der Waals surface area contributed by atoms with Crippen LogP contribution in [0.25, 0.3) is 0 Å². The van der Waals surface area contributed by atoms with Gasteiger partial charge in [0.15, 0.2) is 0 Å². The molecule has 1 amide bonds. The van der Waals surface area contributed by atoms with Gasteiger partial charge in [0.1, 0.15) is 0 Å². The van der Waals surface area contributed by atoms with E-state index in [1.54, 1.807) is 0 Å². The Morgan fingerprint density at radius 1 is 1.30 bits per heavy atom. The third-order valence-electron chi connectivity index (χ3n) is 4.81. The summed E-state index contributed by atoms with van der Waals surface area (Å²) in [5, 5.41) is 15.4. The highest BCUT2D eigenvalue weighted by molar-refractivity contribution is 5.86. The van der Waals surface area contributed by atoms with E-state index in [2.05, 4.69) is 15.5 Å². The van der Waals surface area contributed by atoms with Crippen molar-refractivity contribution in [3.05, 3.63) is 0 Å². The van der Waals surface area contributed by atoms with Gasteiger partial charge in [-0.3, -0.25) is 14.5 Å². The third kappa shape index (κ3) is 2.81. The highest BCUT2D eigenvalue weighted by Crippen LogP contribution is 2.40. The standard InChI is InChI=1S/C14H25N3O3/c1-13(2,17-8-6-15-7-9-17)11(18)16-10-14(12(19)20)4-3-5-14/h15H,3-10H2,1-2H3,(H,16,18)(H,19,20). The topological polar surface area (TPSA) is 81.7 Å². The molecule has 1 heterocycles. The summed E-state index contributed by atoms with van der Waals surface area (Å²) < 4.78 is 0. The number of hydrogen-bond acceptors (Lipinski definition) is 4. The quantitative estimate of drug-likeness (QED) is 0.664. The van der Waals surface area contributed by atoms with Crippen molar-refractivity contribution in [1.29, 1.82) is 0 Å². The molecule has 6 nitrogen and oxygen atoms in total. The molecule has 2 fully saturated rings. The van der Waals surface area contributed by atoms with Crippen LogP contribution in [0.3, 0.4) is 0 Å². The third-order valence-corrected chi connectivity index (χ3v) is 4.81. The summed E-state index contributed by atoms with van der Waals surface area (Å²) >= 11 is 0. The minimum Gasteiger partial charge on any atom is -0.481 e. The van der Waals surface area contributed by atoms with Gasteiger partial charge >= 0.3 is 5.97 Å². The first-order valence-electron chi connectivity index (χ1n) is 7.36. The Balaban J connectivity index is 1.91. The minimum atomic E-state index is -0.788. The lowest BCUT2D eigenvalue weighted by molar-refractivity contribution is -0.154. The summed E-state index contributed by atoms with van der Waals surface area (Å²) in [7, 11) is 0. The Morgan fingerprint density at radius 2 is 1.90 bits per heavy atom. The Hall–Kier alpha value is -1.14. The summed E-state index contributed by atoms with van der Waals surface area (Å²) in [4.78, 5) is 25.9. The number of piperazine rings is 1. The monoisotopic (exact) mass is 283 g/mol. The zero-order valence-corrected chi connectivity index (χ0v) is 12.4. The number of rotatable bonds is 5. The van der Waals surface area contributed by atoms with Crippen LogP contribution in [0.4, 0.5) is 0 Å². The smallest absolute Gasteiger partial charge is 0.311 e. The molecule has 2 aliphatic rings. The van der Waals surface area contributed by atoms with Crippen LogP contribution in [0.2, 0.25) is 0 Å². The fourth-order valence-corrected chi connectivity index (χ4v) is 2.90. The molecule has 0 radical (unpaired) electrons. The Bertz CT molecular complexity index is 385. The van der Waals surface area contributed by atoms with Gasteiger partial charge in [-0.2, -0.15) is 0 Å². The zero-order valence-electron chi connectivity index (χ0n) is 12.4. The van der Waals surface area contributed by atoms with Crippen LogP contribution in [0.5, 0.6) is 0 Å². The molecular formula is C14H25N3O3. The number of nitrogens with one attached hydrogen (secondary N) is 2. The lowest BCUT2D eigenvalue weighted by Crippen LogP contribution is -2.61. The van der Waals surface area contributed by atoms with Crippen LogP contribution >= 0.6 is 0 Å². The second-order valence-corrected chi connectivity index (χ2v) is 6.42. The van der Waals surface area contributed by atoms with Crippen LogP contribution in [0.1, 0.15) is 33.1 Å². The molecule has 0 bridgehead atoms. The first-order chi connectivity index (χ1) is 9.38. The number of amides is 1. The van der Waals surface area contributed by atoms with E-state index in [9.17, 15) is 14.7 Å². The van der Waals surface area contributed by atoms with Gasteiger partial charge in [-0.1, -0.05) is 6.42 Å². The van der Waals surface area contributed by atoms with Crippen LogP contribution < -0.4 is 10.6 Å². The van der Waals surface area contributed by atoms with Crippen molar-refractivity contribution >= 4 is 11.9 Å². The van der Waals surface area contributed by atoms with Crippen molar-refractivity contribution in [2.45, 2.75) is 38.6 Å². The molecule has 0 atom stereocenters. The minimum absolute atomic E-state index is 0.0769. The first kappa shape index (κ1) is 15.3. The van der Waals surface area contributed by atoms with Crippen molar-refractivity contribution in [3.8, 4) is 0 Å². The van der Waals surface area contributed by atoms with E-state index in [1.165, 1.54) is 0 Å². The van der Waals surface area contributed by atoms with Crippen molar-refractivity contribution in [2.24, 2.45) is 5.41 Å². The van der Waals surface area contributed by atoms with E-state index in [4.69, 9.17) is 0 Å². The van der Waals surface area contributed by atoms with Gasteiger partial charge in [-0.25, -0.2) is 0 Å². The number of hydrogen-bond donors (Lipinski definition) is 3. The second kappa shape index (κ2) is 5.69. The fourth-order valence-electron chi connectivity index (χ4n) is 2.90. The molecule has 1 aliphatic carbocycles. The molecule has 0 aromatic heterocycles. The van der Waals surface area contributed by atoms with Gasteiger partial charge < -0.3 is 15.7 Å². The lowest BCUT2D eigenvalue weighted by Gasteiger charge is -2.42. The maximum Gasteiger partial charge on any atom is 0.311 e. The van der Waals surface area contributed by atoms with Gasteiger partial charge in [0.2, 0.25) is 5.91 Å². The highest BCUT2D eigenvalue weighted by Gasteiger charge is 2.45. The number of carbonyl (C=O) groups excluding carboxylic acids is 1. The predicted molar refractivity (Wildman–Crippen MR) is 75.5 cm³/mol. The van der Waals surface area contributed by atoms with E-state index >= 15 is 0 Å². The summed E-state index contributed by atoms with van der Waals surface area (Å²) in [6.45, 7) is 7.50. The molecule has 1 saturated heterocycles. The van der Waals surface area contributed by atoms with Gasteiger partial charge in [0.25, 0.3) is 0 Å². The van der Waals surface area contributed by atoms with Gasteiger partial charge in [0, 0.05) is 32.7 Å². The number of carboxylic acids is 1. The Labute approximate surface area is 119 Å². The Morgan fingerprint density at radius 3 is 2.35 bits per heavy atom. The molecule has 0 spiro atoms. The SMILES string of the molecule is CC(C)(C(=O)NCC1(C(=O)O)CCC1)N1CCNCC1. The summed E-state index contributed by atoms with van der Waals surface area (Å²) in [5.74, 6) is -0.865. The highest BCUT2D eigenvalue weighted by atomic mass is 16.4. The lowest BCUT2D eigenvalue weighted by atomic mass is 9.68. The number of nitrogens with zero attached hydrogens (tertiary/aromatic N) is 1. The van der Waals surface area contributed by atoms with Crippen LogP contribution in [0.15, 0.2) is 0 Å². The molecule has 0 aromatic rings. The van der Waals surface area contributed by atoms with E-state index in [0.717, 1.165) is 32.6 Å². The molecule has 20 heavy (non-hydrogen) atoms. The maximum atomic E-state index is 12.4. The molecule has 114 valence electrons. The summed E-state index contributed by atoms with van der Waals surface area (Å²) in [6, 6.07) is 0. The molecular weight excluding hydrogens is 258 g/mol. The van der Waals surface area contributed by atoms with Crippen molar-refractivity contribution in [3.63, 3.8) is 0 Å². The van der Waals surface area contributed by atoms with E-state index in [-0.39, 0.29) is 12.5 Å². The molecule has 3 N–H and O–H groups in total. The number of aliphatic carboxylic acids is 1. The number of carboxylic acid groups (broad SMARTS) is 1. The normalized spacial score (nSPS) is 22.9. The van der Waals surface area contributed by atoms with E-state index in [0.29, 0.717) is 12.8 Å². The molecule has 1 saturated carbocycles. The van der Waals surface area contributed by atoms with Crippen LogP contribution in [-0.2, 0) is 9.59 Å².